The number of amides is 1. The van der Waals surface area contributed by atoms with Crippen LogP contribution in [0.15, 0.2) is 46.0 Å². The minimum atomic E-state index is -0.123. The molecule has 7 heteroatoms. The van der Waals surface area contributed by atoms with E-state index in [4.69, 9.17) is 9.15 Å². The number of thioether (sulfide) groups is 1. The molecule has 6 nitrogen and oxygen atoms in total. The molecule has 29 heavy (non-hydrogen) atoms. The molecule has 0 fully saturated rings. The monoisotopic (exact) mass is 411 g/mol. The van der Waals surface area contributed by atoms with Gasteiger partial charge in [0.25, 0.3) is 5.91 Å². The van der Waals surface area contributed by atoms with E-state index in [0.717, 1.165) is 16.9 Å². The lowest BCUT2D eigenvalue weighted by Crippen LogP contribution is -2.32. The minimum Gasteiger partial charge on any atom is -0.492 e. The van der Waals surface area contributed by atoms with E-state index < -0.39 is 0 Å². The Kier molecular flexibility index (Phi) is 6.59. The van der Waals surface area contributed by atoms with Gasteiger partial charge in [-0.05, 0) is 62.4 Å². The van der Waals surface area contributed by atoms with Gasteiger partial charge < -0.3 is 14.1 Å². The summed E-state index contributed by atoms with van der Waals surface area (Å²) in [6, 6.07) is 9.67. The molecule has 0 saturated heterocycles. The number of carbonyl (C=O) groups excluding carboxylic acids is 1. The number of furan rings is 1. The second kappa shape index (κ2) is 9.13. The van der Waals surface area contributed by atoms with E-state index in [2.05, 4.69) is 16.0 Å². The topological polar surface area (TPSA) is 68.5 Å². The maximum atomic E-state index is 13.0. The summed E-state index contributed by atoms with van der Waals surface area (Å²) >= 11 is 1.42. The number of hydrogen-bond donors (Lipinski definition) is 0. The quantitative estimate of drug-likeness (QED) is 0.420. The van der Waals surface area contributed by atoms with E-state index >= 15 is 0 Å². The first-order valence-electron chi connectivity index (χ1n) is 9.32. The molecule has 2 aromatic heterocycles. The van der Waals surface area contributed by atoms with Gasteiger partial charge in [-0.2, -0.15) is 0 Å². The standard InChI is InChI=1S/C22H25N3O3S/c1-14-11-15(2)13-17(12-14)27-10-8-25(4)22(26)19-16(3)23-20(24-21(19)29-5)18-7-6-9-28-18/h6-7,9,11-13H,8,10H2,1-5H3. The van der Waals surface area contributed by atoms with Gasteiger partial charge in [0.2, 0.25) is 0 Å². The van der Waals surface area contributed by atoms with Crippen LogP contribution in [-0.4, -0.2) is 47.2 Å². The summed E-state index contributed by atoms with van der Waals surface area (Å²) < 4.78 is 11.2. The van der Waals surface area contributed by atoms with Crippen molar-refractivity contribution in [1.29, 1.82) is 0 Å². The maximum Gasteiger partial charge on any atom is 0.258 e. The van der Waals surface area contributed by atoms with Crippen LogP contribution in [0.4, 0.5) is 0 Å². The Bertz CT molecular complexity index is 983. The van der Waals surface area contributed by atoms with Crippen LogP contribution in [0.2, 0.25) is 0 Å². The van der Waals surface area contributed by atoms with Crippen molar-refractivity contribution in [2.45, 2.75) is 25.8 Å². The second-order valence-corrected chi connectivity index (χ2v) is 7.69. The van der Waals surface area contributed by atoms with E-state index in [1.165, 1.54) is 11.8 Å². The molecule has 2 heterocycles. The van der Waals surface area contributed by atoms with Gasteiger partial charge in [-0.1, -0.05) is 6.07 Å². The summed E-state index contributed by atoms with van der Waals surface area (Å²) in [5.74, 6) is 1.75. The van der Waals surface area contributed by atoms with Gasteiger partial charge >= 0.3 is 0 Å². The molecule has 0 N–H and O–H groups in total. The maximum absolute atomic E-state index is 13.0. The average molecular weight is 412 g/mol. The molecule has 3 rings (SSSR count). The van der Waals surface area contributed by atoms with Crippen molar-refractivity contribution < 1.29 is 13.9 Å². The highest BCUT2D eigenvalue weighted by atomic mass is 32.2. The number of benzene rings is 1. The molecule has 3 aromatic rings. The van der Waals surface area contributed by atoms with E-state index in [0.29, 0.717) is 41.0 Å². The van der Waals surface area contributed by atoms with Crippen LogP contribution in [0, 0.1) is 20.8 Å². The molecule has 0 aliphatic carbocycles. The molecular weight excluding hydrogens is 386 g/mol. The molecule has 1 aromatic carbocycles. The molecule has 0 aliphatic rings. The van der Waals surface area contributed by atoms with Crippen LogP contribution in [0.25, 0.3) is 11.6 Å². The molecule has 152 valence electrons. The SMILES string of the molecule is CSc1nc(-c2ccco2)nc(C)c1C(=O)N(C)CCOc1cc(C)cc(C)c1. The number of nitrogens with zero attached hydrogens (tertiary/aromatic N) is 3. The summed E-state index contributed by atoms with van der Waals surface area (Å²) in [7, 11) is 1.76. The number of hydrogen-bond acceptors (Lipinski definition) is 6. The lowest BCUT2D eigenvalue weighted by molar-refractivity contribution is 0.0768. The third-order valence-electron chi connectivity index (χ3n) is 4.44. The Labute approximate surface area is 175 Å². The average Bonchev–Trinajstić information content (AvgIpc) is 3.20. The predicted octanol–water partition coefficient (Wildman–Crippen LogP) is 4.53. The van der Waals surface area contributed by atoms with E-state index in [9.17, 15) is 4.79 Å². The van der Waals surface area contributed by atoms with Crippen molar-refractivity contribution in [3.05, 3.63) is 59.0 Å². The molecule has 1 amide bonds. The van der Waals surface area contributed by atoms with Gasteiger partial charge in [-0.25, -0.2) is 9.97 Å². The van der Waals surface area contributed by atoms with E-state index in [-0.39, 0.29) is 5.91 Å². The third-order valence-corrected chi connectivity index (χ3v) is 5.12. The van der Waals surface area contributed by atoms with Gasteiger partial charge in [0.15, 0.2) is 11.6 Å². The fourth-order valence-corrected chi connectivity index (χ4v) is 3.68. The molecule has 0 saturated carbocycles. The summed E-state index contributed by atoms with van der Waals surface area (Å²) in [4.78, 5) is 23.7. The smallest absolute Gasteiger partial charge is 0.258 e. The zero-order chi connectivity index (χ0) is 21.0. The first-order valence-corrected chi connectivity index (χ1v) is 10.5. The van der Waals surface area contributed by atoms with Crippen LogP contribution < -0.4 is 4.74 Å². The van der Waals surface area contributed by atoms with Crippen LogP contribution in [0.5, 0.6) is 5.75 Å². The summed E-state index contributed by atoms with van der Waals surface area (Å²) in [6.45, 7) is 6.76. The molecular formula is C22H25N3O3S. The Hall–Kier alpha value is -2.80. The van der Waals surface area contributed by atoms with Crippen molar-refractivity contribution >= 4 is 17.7 Å². The van der Waals surface area contributed by atoms with Gasteiger partial charge in [0.05, 0.1) is 24.1 Å². The first-order chi connectivity index (χ1) is 13.9. The Balaban J connectivity index is 1.71. The fraction of sp³-hybridized carbons (Fsp3) is 0.318. The fourth-order valence-electron chi connectivity index (χ4n) is 3.07. The van der Waals surface area contributed by atoms with Crippen molar-refractivity contribution in [3.8, 4) is 17.3 Å². The van der Waals surface area contributed by atoms with Gasteiger partial charge in [-0.15, -0.1) is 11.8 Å². The molecule has 0 atom stereocenters. The Morgan fingerprint density at radius 3 is 2.52 bits per heavy atom. The molecule has 0 unspecified atom stereocenters. The number of aromatic nitrogens is 2. The zero-order valence-electron chi connectivity index (χ0n) is 17.4. The van der Waals surface area contributed by atoms with Crippen LogP contribution in [0.3, 0.4) is 0 Å². The summed E-state index contributed by atoms with van der Waals surface area (Å²) in [6.07, 6.45) is 3.48. The molecule has 0 radical (unpaired) electrons. The van der Waals surface area contributed by atoms with Crippen molar-refractivity contribution in [2.24, 2.45) is 0 Å². The molecule has 0 bridgehead atoms. The van der Waals surface area contributed by atoms with Crippen LogP contribution in [0.1, 0.15) is 27.2 Å². The lowest BCUT2D eigenvalue weighted by atomic mass is 10.1. The first kappa shape index (κ1) is 20.9. The minimum absolute atomic E-state index is 0.123. The third kappa shape index (κ3) is 4.98. The van der Waals surface area contributed by atoms with Crippen molar-refractivity contribution in [2.75, 3.05) is 26.5 Å². The zero-order valence-corrected chi connectivity index (χ0v) is 18.2. The van der Waals surface area contributed by atoms with Crippen molar-refractivity contribution in [1.82, 2.24) is 14.9 Å². The lowest BCUT2D eigenvalue weighted by Gasteiger charge is -2.20. The number of aryl methyl sites for hydroxylation is 3. The second-order valence-electron chi connectivity index (χ2n) is 6.89. The van der Waals surface area contributed by atoms with Crippen LogP contribution >= 0.6 is 11.8 Å². The van der Waals surface area contributed by atoms with Gasteiger partial charge in [0.1, 0.15) is 17.4 Å². The summed E-state index contributed by atoms with van der Waals surface area (Å²) in [5.41, 5.74) is 3.45. The van der Waals surface area contributed by atoms with Crippen LogP contribution in [-0.2, 0) is 0 Å². The van der Waals surface area contributed by atoms with Gasteiger partial charge in [-0.3, -0.25) is 4.79 Å². The Morgan fingerprint density at radius 2 is 1.90 bits per heavy atom. The molecule has 0 aliphatic heterocycles. The van der Waals surface area contributed by atoms with Gasteiger partial charge in [0, 0.05) is 7.05 Å². The summed E-state index contributed by atoms with van der Waals surface area (Å²) in [5, 5.41) is 0.635. The number of likely N-dealkylation sites (N-methyl/N-ethyl adjacent to an activating group) is 1. The van der Waals surface area contributed by atoms with E-state index in [1.54, 1.807) is 30.3 Å². The van der Waals surface area contributed by atoms with E-state index in [1.807, 2.05) is 39.2 Å². The number of ether oxygens (including phenoxy) is 1. The largest absolute Gasteiger partial charge is 0.492 e. The predicted molar refractivity (Wildman–Crippen MR) is 115 cm³/mol. The molecule has 0 spiro atoms. The highest BCUT2D eigenvalue weighted by Gasteiger charge is 2.22. The highest BCUT2D eigenvalue weighted by molar-refractivity contribution is 7.98. The highest BCUT2D eigenvalue weighted by Crippen LogP contribution is 2.26. The number of rotatable bonds is 7. The van der Waals surface area contributed by atoms with Crippen molar-refractivity contribution in [3.63, 3.8) is 0 Å². The Morgan fingerprint density at radius 1 is 1.17 bits per heavy atom. The number of carbonyl (C=O) groups is 1. The normalized spacial score (nSPS) is 10.8.